The minimum atomic E-state index is 0.418. The van der Waals surface area contributed by atoms with Crippen molar-refractivity contribution in [3.05, 3.63) is 40.5 Å². The number of hydrogen-bond donors (Lipinski definition) is 1. The summed E-state index contributed by atoms with van der Waals surface area (Å²) in [4.78, 5) is 13.7. The van der Waals surface area contributed by atoms with Gasteiger partial charge in [-0.1, -0.05) is 0 Å². The third kappa shape index (κ3) is 3.46. The predicted molar refractivity (Wildman–Crippen MR) is 105 cm³/mol. The van der Waals surface area contributed by atoms with E-state index in [1.165, 1.54) is 41.7 Å². The lowest BCUT2D eigenvalue weighted by Gasteiger charge is -2.18. The number of ether oxygens (including phenoxy) is 1. The van der Waals surface area contributed by atoms with Crippen LogP contribution < -0.4 is 0 Å². The molecule has 0 bridgehead atoms. The molecule has 1 aliphatic carbocycles. The number of aromatic nitrogens is 5. The average Bonchev–Trinajstić information content (AvgIpc) is 3.46. The Morgan fingerprint density at radius 2 is 2.11 bits per heavy atom. The van der Waals surface area contributed by atoms with E-state index in [4.69, 9.17) is 14.8 Å². The maximum atomic E-state index is 5.53. The van der Waals surface area contributed by atoms with Crippen molar-refractivity contribution in [2.75, 3.05) is 13.2 Å². The number of nitrogens with one attached hydrogen (secondary N) is 1. The third-order valence-corrected chi connectivity index (χ3v) is 6.80. The number of rotatable bonds is 5. The van der Waals surface area contributed by atoms with Gasteiger partial charge in [-0.05, 0) is 55.0 Å². The van der Waals surface area contributed by atoms with E-state index in [0.29, 0.717) is 5.92 Å². The molecule has 27 heavy (non-hydrogen) atoms. The molecular formula is C20H25N5OS. The van der Waals surface area contributed by atoms with Gasteiger partial charge in [-0.3, -0.25) is 0 Å². The molecular weight excluding hydrogens is 358 g/mol. The Kier molecular flexibility index (Phi) is 4.80. The third-order valence-electron chi connectivity index (χ3n) is 5.73. The summed E-state index contributed by atoms with van der Waals surface area (Å²) in [6.07, 6.45) is 11.5. The molecule has 0 spiro atoms. The standard InChI is InChI=1S/C20H25N5OS/c1-2-4-17-15(3-1)12-27-18(17)20-23-19(14-6-9-26-10-7-14)24-25(20)8-5-16-11-21-13-22-16/h11-14H,1-10H2,(H,21,22). The fraction of sp³-hybridized carbons (Fsp3) is 0.550. The first-order chi connectivity index (χ1) is 13.4. The van der Waals surface area contributed by atoms with Crippen molar-refractivity contribution in [1.29, 1.82) is 0 Å². The van der Waals surface area contributed by atoms with Gasteiger partial charge in [-0.15, -0.1) is 11.3 Å². The second-order valence-electron chi connectivity index (χ2n) is 7.51. The average molecular weight is 384 g/mol. The van der Waals surface area contributed by atoms with Gasteiger partial charge in [0.1, 0.15) is 0 Å². The Bertz CT molecular complexity index is 892. The lowest BCUT2D eigenvalue weighted by atomic mass is 9.94. The highest BCUT2D eigenvalue weighted by atomic mass is 32.1. The maximum Gasteiger partial charge on any atom is 0.168 e. The van der Waals surface area contributed by atoms with Gasteiger partial charge in [0.15, 0.2) is 11.6 Å². The van der Waals surface area contributed by atoms with Gasteiger partial charge in [-0.25, -0.2) is 14.6 Å². The number of H-pyrrole nitrogens is 1. The van der Waals surface area contributed by atoms with Gasteiger partial charge < -0.3 is 9.72 Å². The van der Waals surface area contributed by atoms with Gasteiger partial charge in [0.2, 0.25) is 0 Å². The smallest absolute Gasteiger partial charge is 0.168 e. The van der Waals surface area contributed by atoms with Crippen LogP contribution in [0.5, 0.6) is 0 Å². The molecule has 0 unspecified atom stereocenters. The first kappa shape index (κ1) is 17.1. The van der Waals surface area contributed by atoms with Crippen molar-refractivity contribution in [2.24, 2.45) is 0 Å². The number of imidazole rings is 1. The summed E-state index contributed by atoms with van der Waals surface area (Å²) in [5, 5.41) is 7.30. The summed E-state index contributed by atoms with van der Waals surface area (Å²) in [5.74, 6) is 2.47. The molecule has 0 saturated carbocycles. The van der Waals surface area contributed by atoms with Crippen LogP contribution in [0, 0.1) is 0 Å². The Morgan fingerprint density at radius 3 is 2.96 bits per heavy atom. The summed E-state index contributed by atoms with van der Waals surface area (Å²) in [6, 6.07) is 0. The predicted octanol–water partition coefficient (Wildman–Crippen LogP) is 3.75. The number of thiophene rings is 1. The Balaban J connectivity index is 1.49. The summed E-state index contributed by atoms with van der Waals surface area (Å²) in [7, 11) is 0. The van der Waals surface area contributed by atoms with Gasteiger partial charge in [-0.2, -0.15) is 5.10 Å². The number of nitrogens with zero attached hydrogens (tertiary/aromatic N) is 4. The molecule has 0 radical (unpaired) electrons. The highest BCUT2D eigenvalue weighted by Crippen LogP contribution is 2.37. The summed E-state index contributed by atoms with van der Waals surface area (Å²) >= 11 is 1.85. The van der Waals surface area contributed by atoms with Crippen molar-refractivity contribution in [1.82, 2.24) is 24.7 Å². The monoisotopic (exact) mass is 383 g/mol. The summed E-state index contributed by atoms with van der Waals surface area (Å²) in [6.45, 7) is 2.45. The van der Waals surface area contributed by atoms with Crippen LogP contribution in [-0.4, -0.2) is 37.9 Å². The van der Waals surface area contributed by atoms with Crippen molar-refractivity contribution in [3.63, 3.8) is 0 Å². The van der Waals surface area contributed by atoms with Crippen molar-refractivity contribution in [3.8, 4) is 10.7 Å². The van der Waals surface area contributed by atoms with Crippen LogP contribution >= 0.6 is 11.3 Å². The molecule has 0 aromatic carbocycles. The number of aromatic amines is 1. The van der Waals surface area contributed by atoms with Crippen LogP contribution in [0.1, 0.15) is 54.2 Å². The van der Waals surface area contributed by atoms with Crippen molar-refractivity contribution in [2.45, 2.75) is 57.4 Å². The lowest BCUT2D eigenvalue weighted by molar-refractivity contribution is 0.0835. The number of fused-ring (bicyclic) bond motifs is 1. The van der Waals surface area contributed by atoms with Crippen LogP contribution in [0.15, 0.2) is 17.9 Å². The second-order valence-corrected chi connectivity index (χ2v) is 8.39. The maximum absolute atomic E-state index is 5.53. The minimum absolute atomic E-state index is 0.418. The normalized spacial score (nSPS) is 17.9. The second kappa shape index (κ2) is 7.56. The van der Waals surface area contributed by atoms with E-state index in [0.717, 1.165) is 56.4 Å². The highest BCUT2D eigenvalue weighted by molar-refractivity contribution is 7.13. The fourth-order valence-electron chi connectivity index (χ4n) is 4.17. The van der Waals surface area contributed by atoms with Crippen molar-refractivity contribution < 1.29 is 4.74 Å². The van der Waals surface area contributed by atoms with E-state index in [9.17, 15) is 0 Å². The van der Waals surface area contributed by atoms with Crippen molar-refractivity contribution >= 4 is 11.3 Å². The molecule has 3 aromatic heterocycles. The van der Waals surface area contributed by atoms with E-state index < -0.39 is 0 Å². The van der Waals surface area contributed by atoms with Gasteiger partial charge in [0.05, 0.1) is 11.2 Å². The number of aryl methyl sites for hydroxylation is 3. The molecule has 0 amide bonds. The fourth-order valence-corrected chi connectivity index (χ4v) is 5.32. The van der Waals surface area contributed by atoms with E-state index in [1.54, 1.807) is 6.33 Å². The van der Waals surface area contributed by atoms with Crippen LogP contribution in [0.4, 0.5) is 0 Å². The molecule has 1 fully saturated rings. The first-order valence-corrected chi connectivity index (χ1v) is 10.9. The summed E-state index contributed by atoms with van der Waals surface area (Å²) < 4.78 is 7.66. The Hall–Kier alpha value is -1.99. The molecule has 1 N–H and O–H groups in total. The van der Waals surface area contributed by atoms with Gasteiger partial charge in [0.25, 0.3) is 0 Å². The molecule has 4 heterocycles. The largest absolute Gasteiger partial charge is 0.381 e. The zero-order valence-electron chi connectivity index (χ0n) is 15.5. The molecule has 1 aliphatic heterocycles. The van der Waals surface area contributed by atoms with Crippen LogP contribution in [-0.2, 0) is 30.5 Å². The molecule has 1 saturated heterocycles. The zero-order valence-corrected chi connectivity index (χ0v) is 16.3. The lowest BCUT2D eigenvalue weighted by Crippen LogP contribution is -2.15. The topological polar surface area (TPSA) is 68.6 Å². The summed E-state index contributed by atoms with van der Waals surface area (Å²) in [5.41, 5.74) is 4.18. The van der Waals surface area contributed by atoms with Crippen LogP contribution in [0.2, 0.25) is 0 Å². The van der Waals surface area contributed by atoms with E-state index in [2.05, 4.69) is 20.0 Å². The highest BCUT2D eigenvalue weighted by Gasteiger charge is 2.25. The van der Waals surface area contributed by atoms with Gasteiger partial charge in [0, 0.05) is 44.0 Å². The zero-order chi connectivity index (χ0) is 18.1. The molecule has 5 rings (SSSR count). The molecule has 6 nitrogen and oxygen atoms in total. The van der Waals surface area contributed by atoms with E-state index in [-0.39, 0.29) is 0 Å². The van der Waals surface area contributed by atoms with Crippen LogP contribution in [0.3, 0.4) is 0 Å². The van der Waals surface area contributed by atoms with E-state index in [1.807, 2.05) is 17.5 Å². The van der Waals surface area contributed by atoms with Crippen LogP contribution in [0.25, 0.3) is 10.7 Å². The Morgan fingerprint density at radius 1 is 1.22 bits per heavy atom. The first-order valence-electron chi connectivity index (χ1n) is 9.98. The number of hydrogen-bond acceptors (Lipinski definition) is 5. The molecule has 3 aromatic rings. The van der Waals surface area contributed by atoms with Gasteiger partial charge >= 0.3 is 0 Å². The minimum Gasteiger partial charge on any atom is -0.381 e. The molecule has 7 heteroatoms. The quantitative estimate of drug-likeness (QED) is 0.729. The SMILES string of the molecule is c1ncc(CCn2nc(C3CCOCC3)nc2-c2scc3c2CCCC3)[nH]1. The molecule has 0 atom stereocenters. The Labute approximate surface area is 163 Å². The molecule has 142 valence electrons. The molecule has 2 aliphatic rings. The van der Waals surface area contributed by atoms with E-state index >= 15 is 0 Å².